The summed E-state index contributed by atoms with van der Waals surface area (Å²) in [5.41, 5.74) is 2.71. The molecule has 21 heavy (non-hydrogen) atoms. The summed E-state index contributed by atoms with van der Waals surface area (Å²) in [5.74, 6) is -0.0738. The summed E-state index contributed by atoms with van der Waals surface area (Å²) < 4.78 is 1.03. The van der Waals surface area contributed by atoms with Gasteiger partial charge in [-0.3, -0.25) is 9.79 Å². The predicted molar refractivity (Wildman–Crippen MR) is 91.0 cm³/mol. The molecule has 0 aliphatic carbocycles. The van der Waals surface area contributed by atoms with E-state index in [0.29, 0.717) is 18.7 Å². The van der Waals surface area contributed by atoms with Crippen LogP contribution in [0.15, 0.2) is 33.9 Å². The zero-order chi connectivity index (χ0) is 15.2. The van der Waals surface area contributed by atoms with E-state index in [4.69, 9.17) is 0 Å². The van der Waals surface area contributed by atoms with Crippen LogP contribution in [0.4, 0.5) is 0 Å². The fourth-order valence-electron chi connectivity index (χ4n) is 2.22. The first-order chi connectivity index (χ1) is 10.2. The van der Waals surface area contributed by atoms with Gasteiger partial charge < -0.3 is 10.3 Å². The number of aromatic amines is 1. The molecule has 0 aliphatic rings. The van der Waals surface area contributed by atoms with Crippen molar-refractivity contribution >= 4 is 38.5 Å². The number of amides is 1. The highest BCUT2D eigenvalue weighted by molar-refractivity contribution is 9.10. The number of fused-ring (bicyclic) bond motifs is 1. The molecule has 5 heteroatoms. The van der Waals surface area contributed by atoms with Crippen molar-refractivity contribution in [3.8, 4) is 0 Å². The standard InChI is InChI=1S/C16H20BrN3O/c1-3-4-7-19-16(21)15(18-2)8-11-10-20-14-6-5-12(17)9-13(11)14/h5-6,9-10,20H,3-4,7-8H2,1-2H3,(H,19,21)/b18-15+. The molecule has 0 saturated heterocycles. The first-order valence-electron chi connectivity index (χ1n) is 7.15. The Labute approximate surface area is 133 Å². The Kier molecular flexibility index (Phi) is 5.56. The predicted octanol–water partition coefficient (Wildman–Crippen LogP) is 3.46. The Hall–Kier alpha value is -1.62. The Morgan fingerprint density at radius 1 is 1.43 bits per heavy atom. The maximum absolute atomic E-state index is 12.1. The zero-order valence-corrected chi connectivity index (χ0v) is 14.0. The molecular weight excluding hydrogens is 330 g/mol. The first kappa shape index (κ1) is 15.8. The number of carbonyl (C=O) groups is 1. The van der Waals surface area contributed by atoms with E-state index in [-0.39, 0.29) is 5.91 Å². The van der Waals surface area contributed by atoms with Gasteiger partial charge in [-0.1, -0.05) is 29.3 Å². The number of aliphatic imine (C=N–C) groups is 1. The van der Waals surface area contributed by atoms with Gasteiger partial charge in [0.15, 0.2) is 0 Å². The topological polar surface area (TPSA) is 57.2 Å². The number of hydrogen-bond acceptors (Lipinski definition) is 2. The monoisotopic (exact) mass is 349 g/mol. The molecule has 0 fully saturated rings. The van der Waals surface area contributed by atoms with Crippen LogP contribution in [0.5, 0.6) is 0 Å². The molecule has 1 aromatic heterocycles. The third kappa shape index (κ3) is 3.94. The van der Waals surface area contributed by atoms with Crippen molar-refractivity contribution in [2.24, 2.45) is 4.99 Å². The van der Waals surface area contributed by atoms with Crippen LogP contribution in [0.25, 0.3) is 10.9 Å². The van der Waals surface area contributed by atoms with Gasteiger partial charge in [0.25, 0.3) is 5.91 Å². The SMILES string of the molecule is CCCCNC(=O)/C(Cc1c[nH]c2ccc(Br)cc12)=N/C. The number of nitrogens with zero attached hydrogens (tertiary/aromatic N) is 1. The minimum atomic E-state index is -0.0738. The van der Waals surface area contributed by atoms with E-state index in [9.17, 15) is 4.79 Å². The van der Waals surface area contributed by atoms with Crippen LogP contribution in [-0.4, -0.2) is 30.2 Å². The lowest BCUT2D eigenvalue weighted by Gasteiger charge is -2.07. The smallest absolute Gasteiger partial charge is 0.265 e. The third-order valence-corrected chi connectivity index (χ3v) is 3.93. The normalized spacial score (nSPS) is 11.9. The van der Waals surface area contributed by atoms with Crippen molar-refractivity contribution in [2.75, 3.05) is 13.6 Å². The van der Waals surface area contributed by atoms with E-state index >= 15 is 0 Å². The van der Waals surface area contributed by atoms with Crippen LogP contribution in [0.1, 0.15) is 25.3 Å². The van der Waals surface area contributed by atoms with Gasteiger partial charge in [0.1, 0.15) is 5.71 Å². The molecule has 1 amide bonds. The van der Waals surface area contributed by atoms with Crippen molar-refractivity contribution in [3.63, 3.8) is 0 Å². The molecule has 2 N–H and O–H groups in total. The summed E-state index contributed by atoms with van der Waals surface area (Å²) >= 11 is 3.48. The van der Waals surface area contributed by atoms with Gasteiger partial charge in [0, 0.05) is 41.6 Å². The average molecular weight is 350 g/mol. The van der Waals surface area contributed by atoms with Crippen molar-refractivity contribution in [2.45, 2.75) is 26.2 Å². The van der Waals surface area contributed by atoms with Gasteiger partial charge in [-0.2, -0.15) is 0 Å². The van der Waals surface area contributed by atoms with Gasteiger partial charge >= 0.3 is 0 Å². The van der Waals surface area contributed by atoms with Crippen molar-refractivity contribution in [1.29, 1.82) is 0 Å². The van der Waals surface area contributed by atoms with Crippen molar-refractivity contribution < 1.29 is 4.79 Å². The third-order valence-electron chi connectivity index (χ3n) is 3.44. The molecule has 0 bridgehead atoms. The highest BCUT2D eigenvalue weighted by atomic mass is 79.9. The highest BCUT2D eigenvalue weighted by Gasteiger charge is 2.13. The number of halogens is 1. The zero-order valence-electron chi connectivity index (χ0n) is 12.4. The number of benzene rings is 1. The summed E-state index contributed by atoms with van der Waals surface area (Å²) in [6.45, 7) is 2.80. The number of unbranched alkanes of at least 4 members (excludes halogenated alkanes) is 1. The summed E-state index contributed by atoms with van der Waals surface area (Å²) in [5, 5.41) is 4.03. The summed E-state index contributed by atoms with van der Waals surface area (Å²) in [6, 6.07) is 6.07. The van der Waals surface area contributed by atoms with Gasteiger partial charge in [0.2, 0.25) is 0 Å². The maximum atomic E-state index is 12.1. The summed E-state index contributed by atoms with van der Waals surface area (Å²) in [7, 11) is 1.67. The molecule has 0 atom stereocenters. The van der Waals surface area contributed by atoms with Gasteiger partial charge in [0.05, 0.1) is 0 Å². The molecule has 4 nitrogen and oxygen atoms in total. The van der Waals surface area contributed by atoms with Gasteiger partial charge in [-0.05, 0) is 30.2 Å². The lowest BCUT2D eigenvalue weighted by atomic mass is 10.1. The van der Waals surface area contributed by atoms with Crippen molar-refractivity contribution in [3.05, 3.63) is 34.4 Å². The number of aromatic nitrogens is 1. The van der Waals surface area contributed by atoms with Gasteiger partial charge in [-0.15, -0.1) is 0 Å². The Balaban J connectivity index is 2.14. The molecule has 1 heterocycles. The Bertz CT molecular complexity index is 661. The molecule has 0 spiro atoms. The largest absolute Gasteiger partial charge is 0.361 e. The number of carbonyl (C=O) groups excluding carboxylic acids is 1. The van der Waals surface area contributed by atoms with Crippen LogP contribution in [0.3, 0.4) is 0 Å². The highest BCUT2D eigenvalue weighted by Crippen LogP contribution is 2.23. The minimum Gasteiger partial charge on any atom is -0.361 e. The Morgan fingerprint density at radius 2 is 2.24 bits per heavy atom. The number of rotatable bonds is 6. The second-order valence-corrected chi connectivity index (χ2v) is 5.88. The molecule has 0 radical (unpaired) electrons. The van der Waals surface area contributed by atoms with Crippen LogP contribution in [0.2, 0.25) is 0 Å². The second-order valence-electron chi connectivity index (χ2n) is 4.96. The van der Waals surface area contributed by atoms with Gasteiger partial charge in [-0.25, -0.2) is 0 Å². The summed E-state index contributed by atoms with van der Waals surface area (Å²) in [4.78, 5) is 19.5. The van der Waals surface area contributed by atoms with Crippen LogP contribution in [-0.2, 0) is 11.2 Å². The average Bonchev–Trinajstić information content (AvgIpc) is 2.87. The lowest BCUT2D eigenvalue weighted by Crippen LogP contribution is -2.32. The van der Waals surface area contributed by atoms with E-state index in [1.165, 1.54) is 0 Å². The fraction of sp³-hybridized carbons (Fsp3) is 0.375. The lowest BCUT2D eigenvalue weighted by molar-refractivity contribution is -0.114. The van der Waals surface area contributed by atoms with Crippen LogP contribution in [0, 0.1) is 0 Å². The fourth-order valence-corrected chi connectivity index (χ4v) is 2.58. The molecule has 1 aromatic carbocycles. The molecule has 0 saturated carbocycles. The number of H-pyrrole nitrogens is 1. The van der Waals surface area contributed by atoms with E-state index in [2.05, 4.69) is 44.2 Å². The maximum Gasteiger partial charge on any atom is 0.265 e. The number of nitrogens with one attached hydrogen (secondary N) is 2. The first-order valence-corrected chi connectivity index (χ1v) is 7.94. The quantitative estimate of drug-likeness (QED) is 0.608. The molecule has 2 rings (SSSR count). The van der Waals surface area contributed by atoms with Crippen LogP contribution >= 0.6 is 15.9 Å². The minimum absolute atomic E-state index is 0.0738. The molecule has 2 aromatic rings. The van der Waals surface area contributed by atoms with E-state index < -0.39 is 0 Å². The Morgan fingerprint density at radius 3 is 2.95 bits per heavy atom. The van der Waals surface area contributed by atoms with E-state index in [1.807, 2.05) is 18.3 Å². The number of hydrogen-bond donors (Lipinski definition) is 2. The summed E-state index contributed by atoms with van der Waals surface area (Å²) in [6.07, 6.45) is 4.53. The van der Waals surface area contributed by atoms with E-state index in [0.717, 1.165) is 33.8 Å². The van der Waals surface area contributed by atoms with Crippen molar-refractivity contribution in [1.82, 2.24) is 10.3 Å². The van der Waals surface area contributed by atoms with E-state index in [1.54, 1.807) is 7.05 Å². The second kappa shape index (κ2) is 7.41. The molecular formula is C16H20BrN3O. The molecule has 112 valence electrons. The van der Waals surface area contributed by atoms with Crippen LogP contribution < -0.4 is 5.32 Å². The molecule has 0 aliphatic heterocycles. The molecule has 0 unspecified atom stereocenters.